The fraction of sp³-hybridized carbons (Fsp3) is 0.294. The van der Waals surface area contributed by atoms with Gasteiger partial charge in [0, 0.05) is 4.88 Å². The second kappa shape index (κ2) is 7.87. The first-order valence-electron chi connectivity index (χ1n) is 7.32. The molecule has 1 aromatic carbocycles. The molecular formula is C17H18FNO3S. The average Bonchev–Trinajstić information content (AvgIpc) is 2.89. The Labute approximate surface area is 138 Å². The van der Waals surface area contributed by atoms with Gasteiger partial charge in [0.2, 0.25) is 0 Å². The predicted molar refractivity (Wildman–Crippen MR) is 88.4 cm³/mol. The van der Waals surface area contributed by atoms with Crippen LogP contribution in [0, 0.1) is 12.7 Å². The van der Waals surface area contributed by atoms with Crippen LogP contribution in [-0.4, -0.2) is 18.5 Å². The minimum Gasteiger partial charge on any atom is -0.451 e. The lowest BCUT2D eigenvalue weighted by atomic mass is 10.1. The average molecular weight is 335 g/mol. The molecular weight excluding hydrogens is 317 g/mol. The number of carbonyl (C=O) groups excluding carboxylic acids is 2. The Bertz CT molecular complexity index is 712. The van der Waals surface area contributed by atoms with Gasteiger partial charge in [0.1, 0.15) is 10.7 Å². The second-order valence-corrected chi connectivity index (χ2v) is 6.30. The van der Waals surface area contributed by atoms with Gasteiger partial charge in [-0.1, -0.05) is 25.5 Å². The van der Waals surface area contributed by atoms with E-state index < -0.39 is 24.3 Å². The third-order valence-corrected chi connectivity index (χ3v) is 4.30. The molecule has 0 bridgehead atoms. The molecule has 0 fully saturated rings. The number of aryl methyl sites for hydroxylation is 2. The van der Waals surface area contributed by atoms with E-state index in [-0.39, 0.29) is 5.69 Å². The molecule has 0 saturated carbocycles. The van der Waals surface area contributed by atoms with E-state index in [1.54, 1.807) is 12.1 Å². The maximum Gasteiger partial charge on any atom is 0.348 e. The van der Waals surface area contributed by atoms with E-state index in [1.165, 1.54) is 29.5 Å². The number of para-hydroxylation sites is 1. The minimum atomic E-state index is -0.578. The maximum atomic E-state index is 13.4. The van der Waals surface area contributed by atoms with E-state index in [1.807, 2.05) is 6.92 Å². The largest absolute Gasteiger partial charge is 0.451 e. The summed E-state index contributed by atoms with van der Waals surface area (Å²) in [6.07, 6.45) is 1.90. The molecule has 1 heterocycles. The molecule has 0 aliphatic rings. The third kappa shape index (κ3) is 4.63. The summed E-state index contributed by atoms with van der Waals surface area (Å²) < 4.78 is 18.4. The van der Waals surface area contributed by atoms with E-state index in [0.717, 1.165) is 23.3 Å². The molecule has 4 nitrogen and oxygen atoms in total. The fourth-order valence-corrected chi connectivity index (χ4v) is 3.05. The van der Waals surface area contributed by atoms with Gasteiger partial charge < -0.3 is 10.1 Å². The number of nitrogens with one attached hydrogen (secondary N) is 1. The Morgan fingerprint density at radius 2 is 2.04 bits per heavy atom. The number of anilines is 1. The third-order valence-electron chi connectivity index (χ3n) is 3.22. The summed E-state index contributed by atoms with van der Waals surface area (Å²) in [5, 5.41) is 2.37. The zero-order valence-electron chi connectivity index (χ0n) is 13.0. The number of hydrogen-bond donors (Lipinski definition) is 1. The van der Waals surface area contributed by atoms with Gasteiger partial charge >= 0.3 is 5.97 Å². The summed E-state index contributed by atoms with van der Waals surface area (Å²) in [4.78, 5) is 25.3. The van der Waals surface area contributed by atoms with Crippen LogP contribution in [0.4, 0.5) is 10.1 Å². The lowest BCUT2D eigenvalue weighted by Crippen LogP contribution is -2.21. The van der Waals surface area contributed by atoms with Gasteiger partial charge in [0.25, 0.3) is 5.91 Å². The number of rotatable bonds is 6. The monoisotopic (exact) mass is 335 g/mol. The van der Waals surface area contributed by atoms with Gasteiger partial charge in [-0.15, -0.1) is 11.3 Å². The van der Waals surface area contributed by atoms with Crippen LogP contribution < -0.4 is 5.32 Å². The van der Waals surface area contributed by atoms with Crippen LogP contribution in [0.3, 0.4) is 0 Å². The Morgan fingerprint density at radius 3 is 2.74 bits per heavy atom. The van der Waals surface area contributed by atoms with E-state index >= 15 is 0 Å². The summed E-state index contributed by atoms with van der Waals surface area (Å²) >= 11 is 1.35. The molecule has 2 aromatic rings. The molecule has 0 aliphatic heterocycles. The number of halogens is 1. The van der Waals surface area contributed by atoms with Gasteiger partial charge in [-0.25, -0.2) is 9.18 Å². The van der Waals surface area contributed by atoms with Crippen molar-refractivity contribution in [3.05, 3.63) is 51.5 Å². The molecule has 0 unspecified atom stereocenters. The SMILES string of the molecule is CCCc1cc(C(=O)OCC(=O)Nc2ccccc2F)sc1C. The Morgan fingerprint density at radius 1 is 1.30 bits per heavy atom. The van der Waals surface area contributed by atoms with Crippen LogP contribution in [0.1, 0.15) is 33.5 Å². The normalized spacial score (nSPS) is 10.4. The smallest absolute Gasteiger partial charge is 0.348 e. The predicted octanol–water partition coefficient (Wildman–Crippen LogP) is 3.94. The van der Waals surface area contributed by atoms with Crippen molar-refractivity contribution in [3.63, 3.8) is 0 Å². The number of hydrogen-bond acceptors (Lipinski definition) is 4. The fourth-order valence-electron chi connectivity index (χ4n) is 2.09. The summed E-state index contributed by atoms with van der Waals surface area (Å²) in [5.41, 5.74) is 1.19. The molecule has 1 N–H and O–H groups in total. The van der Waals surface area contributed by atoms with Crippen molar-refractivity contribution in [1.29, 1.82) is 0 Å². The number of thiophene rings is 1. The molecule has 23 heavy (non-hydrogen) atoms. The summed E-state index contributed by atoms with van der Waals surface area (Å²) in [7, 11) is 0. The van der Waals surface area contributed by atoms with Crippen LogP contribution in [0.15, 0.2) is 30.3 Å². The molecule has 0 radical (unpaired) electrons. The lowest BCUT2D eigenvalue weighted by Gasteiger charge is -2.06. The number of benzene rings is 1. The van der Waals surface area contributed by atoms with E-state index in [2.05, 4.69) is 12.2 Å². The highest BCUT2D eigenvalue weighted by Gasteiger charge is 2.15. The topological polar surface area (TPSA) is 55.4 Å². The summed E-state index contributed by atoms with van der Waals surface area (Å²) in [6.45, 7) is 3.58. The number of amides is 1. The number of ether oxygens (including phenoxy) is 1. The Kier molecular flexibility index (Phi) is 5.87. The lowest BCUT2D eigenvalue weighted by molar-refractivity contribution is -0.119. The van der Waals surface area contributed by atoms with Crippen molar-refractivity contribution in [3.8, 4) is 0 Å². The molecule has 0 atom stereocenters. The molecule has 0 saturated heterocycles. The highest BCUT2D eigenvalue weighted by atomic mass is 32.1. The van der Waals surface area contributed by atoms with Gasteiger partial charge in [-0.2, -0.15) is 0 Å². The maximum absolute atomic E-state index is 13.4. The van der Waals surface area contributed by atoms with Crippen molar-refractivity contribution < 1.29 is 18.7 Å². The molecule has 6 heteroatoms. The standard InChI is InChI=1S/C17H18FNO3S/c1-3-6-12-9-15(23-11(12)2)17(21)22-10-16(20)19-14-8-5-4-7-13(14)18/h4-5,7-9H,3,6,10H2,1-2H3,(H,19,20). The first-order chi connectivity index (χ1) is 11.0. The summed E-state index contributed by atoms with van der Waals surface area (Å²) in [5.74, 6) is -1.65. The van der Waals surface area contributed by atoms with Crippen molar-refractivity contribution >= 4 is 28.9 Å². The van der Waals surface area contributed by atoms with E-state index in [9.17, 15) is 14.0 Å². The van der Waals surface area contributed by atoms with Crippen LogP contribution >= 0.6 is 11.3 Å². The Balaban J connectivity index is 1.90. The van der Waals surface area contributed by atoms with Gasteiger partial charge in [-0.05, 0) is 37.1 Å². The molecule has 1 amide bonds. The highest BCUT2D eigenvalue weighted by molar-refractivity contribution is 7.14. The van der Waals surface area contributed by atoms with E-state index in [4.69, 9.17) is 4.74 Å². The molecule has 0 aliphatic carbocycles. The first kappa shape index (κ1) is 17.1. The van der Waals surface area contributed by atoms with Crippen LogP contribution in [0.5, 0.6) is 0 Å². The van der Waals surface area contributed by atoms with Gasteiger partial charge in [0.05, 0.1) is 5.69 Å². The van der Waals surface area contributed by atoms with Crippen LogP contribution in [0.2, 0.25) is 0 Å². The van der Waals surface area contributed by atoms with Crippen molar-refractivity contribution in [2.45, 2.75) is 26.7 Å². The molecule has 0 spiro atoms. The van der Waals surface area contributed by atoms with Crippen LogP contribution in [0.25, 0.3) is 0 Å². The van der Waals surface area contributed by atoms with Crippen molar-refractivity contribution in [2.75, 3.05) is 11.9 Å². The zero-order chi connectivity index (χ0) is 16.8. The number of esters is 1. The van der Waals surface area contributed by atoms with Gasteiger partial charge in [0.15, 0.2) is 6.61 Å². The van der Waals surface area contributed by atoms with Crippen LogP contribution in [-0.2, 0) is 16.0 Å². The first-order valence-corrected chi connectivity index (χ1v) is 8.13. The second-order valence-electron chi connectivity index (χ2n) is 5.05. The molecule has 1 aromatic heterocycles. The van der Waals surface area contributed by atoms with Crippen molar-refractivity contribution in [1.82, 2.24) is 0 Å². The Hall–Kier alpha value is -2.21. The molecule has 122 valence electrons. The van der Waals surface area contributed by atoms with E-state index in [0.29, 0.717) is 4.88 Å². The minimum absolute atomic E-state index is 0.0609. The van der Waals surface area contributed by atoms with Gasteiger partial charge in [-0.3, -0.25) is 4.79 Å². The quantitative estimate of drug-likeness (QED) is 0.814. The van der Waals surface area contributed by atoms with Crippen molar-refractivity contribution in [2.24, 2.45) is 0 Å². The number of carbonyl (C=O) groups is 2. The molecule has 2 rings (SSSR count). The highest BCUT2D eigenvalue weighted by Crippen LogP contribution is 2.23. The summed E-state index contributed by atoms with van der Waals surface area (Å²) in [6, 6.07) is 7.62. The zero-order valence-corrected chi connectivity index (χ0v) is 13.8.